The van der Waals surface area contributed by atoms with E-state index in [1.54, 1.807) is 0 Å². The number of rotatable bonds is 8. The zero-order valence-electron chi connectivity index (χ0n) is 13.8. The number of nitrogen functional groups attached to an aromatic ring is 2. The van der Waals surface area contributed by atoms with Gasteiger partial charge in [0.15, 0.2) is 0 Å². The van der Waals surface area contributed by atoms with E-state index in [4.69, 9.17) is 30.4 Å². The summed E-state index contributed by atoms with van der Waals surface area (Å²) in [7, 11) is 0. The van der Waals surface area contributed by atoms with Gasteiger partial charge in [0, 0.05) is 37.1 Å². The lowest BCUT2D eigenvalue weighted by molar-refractivity contribution is 0.399. The van der Waals surface area contributed by atoms with Crippen LogP contribution < -0.4 is 11.5 Å². The quantitative estimate of drug-likeness (QED) is 0.534. The minimum Gasteiger partial charge on any atom is -0.398 e. The van der Waals surface area contributed by atoms with Crippen LogP contribution in [0, 0.1) is 0 Å². The first-order chi connectivity index (χ1) is 11.7. The van der Waals surface area contributed by atoms with Gasteiger partial charge in [0.25, 0.3) is 0 Å². The number of hydrogen-bond donors (Lipinski definition) is 2. The lowest BCUT2D eigenvalue weighted by Gasteiger charge is -2.22. The van der Waals surface area contributed by atoms with Gasteiger partial charge in [-0.05, 0) is 22.3 Å². The molecule has 4 fully saturated rings. The number of hydrogen-bond acceptors (Lipinski definition) is 6. The predicted molar refractivity (Wildman–Crippen MR) is 89.0 cm³/mol. The van der Waals surface area contributed by atoms with Crippen molar-refractivity contribution in [3.63, 3.8) is 0 Å². The van der Waals surface area contributed by atoms with Gasteiger partial charge in [0.1, 0.15) is 0 Å². The van der Waals surface area contributed by atoms with Gasteiger partial charge in [0.05, 0.1) is 50.8 Å². The van der Waals surface area contributed by atoms with E-state index in [9.17, 15) is 0 Å². The standard InChI is InChI=1S/C18H24N2O4/c19-17-13(1-9-5-21-9)14(2-10-6-22-10)18(20)16(4-12-8-24-12)15(17)3-11-7-23-11/h9-12H,1-8,19-20H2. The second-order valence-electron chi connectivity index (χ2n) is 7.38. The van der Waals surface area contributed by atoms with E-state index in [0.717, 1.165) is 63.5 Å². The molecular weight excluding hydrogens is 308 g/mol. The van der Waals surface area contributed by atoms with E-state index in [0.29, 0.717) is 0 Å². The molecule has 0 saturated carbocycles. The van der Waals surface area contributed by atoms with E-state index in [1.165, 1.54) is 22.3 Å². The molecule has 1 aromatic rings. The Balaban J connectivity index is 1.58. The fraction of sp³-hybridized carbons (Fsp3) is 0.667. The van der Waals surface area contributed by atoms with Crippen molar-refractivity contribution in [2.75, 3.05) is 37.9 Å². The third-order valence-electron chi connectivity index (χ3n) is 5.37. The molecule has 0 spiro atoms. The van der Waals surface area contributed by atoms with Gasteiger partial charge in [-0.3, -0.25) is 0 Å². The van der Waals surface area contributed by atoms with Gasteiger partial charge in [-0.25, -0.2) is 0 Å². The maximum Gasteiger partial charge on any atom is 0.0851 e. The highest BCUT2D eigenvalue weighted by molar-refractivity contribution is 5.72. The van der Waals surface area contributed by atoms with Crippen molar-refractivity contribution in [1.29, 1.82) is 0 Å². The molecule has 24 heavy (non-hydrogen) atoms. The SMILES string of the molecule is Nc1c(CC2CO2)c(CC2CO2)c(N)c(CC2CO2)c1CC1CO1. The van der Waals surface area contributed by atoms with Crippen LogP contribution in [0.5, 0.6) is 0 Å². The van der Waals surface area contributed by atoms with Crippen LogP contribution >= 0.6 is 0 Å². The van der Waals surface area contributed by atoms with Gasteiger partial charge in [-0.2, -0.15) is 0 Å². The van der Waals surface area contributed by atoms with E-state index < -0.39 is 0 Å². The van der Waals surface area contributed by atoms with Crippen molar-refractivity contribution in [1.82, 2.24) is 0 Å². The van der Waals surface area contributed by atoms with Gasteiger partial charge >= 0.3 is 0 Å². The lowest BCUT2D eigenvalue weighted by Crippen LogP contribution is -2.17. The first kappa shape index (κ1) is 15.0. The maximum atomic E-state index is 6.65. The van der Waals surface area contributed by atoms with Crippen LogP contribution in [-0.2, 0) is 44.6 Å². The van der Waals surface area contributed by atoms with Crippen LogP contribution in [0.4, 0.5) is 11.4 Å². The molecule has 0 bridgehead atoms. The highest BCUT2D eigenvalue weighted by Crippen LogP contribution is 2.40. The molecule has 4 aliphatic heterocycles. The Morgan fingerprint density at radius 3 is 0.917 bits per heavy atom. The first-order valence-corrected chi connectivity index (χ1v) is 8.86. The molecule has 4 atom stereocenters. The average molecular weight is 332 g/mol. The Kier molecular flexibility index (Phi) is 3.49. The molecule has 0 amide bonds. The predicted octanol–water partition coefficient (Wildman–Crippen LogP) is 0.616. The Labute approximate surface area is 141 Å². The molecule has 4 heterocycles. The third kappa shape index (κ3) is 3.11. The molecule has 1 aromatic carbocycles. The molecule has 0 aliphatic carbocycles. The van der Waals surface area contributed by atoms with E-state index in [-0.39, 0.29) is 24.4 Å². The van der Waals surface area contributed by atoms with Gasteiger partial charge < -0.3 is 30.4 Å². The maximum absolute atomic E-state index is 6.65. The number of epoxide rings is 4. The van der Waals surface area contributed by atoms with E-state index >= 15 is 0 Å². The van der Waals surface area contributed by atoms with Crippen molar-refractivity contribution in [2.45, 2.75) is 50.1 Å². The molecule has 4 aliphatic rings. The summed E-state index contributed by atoms with van der Waals surface area (Å²) in [5.41, 5.74) is 19.8. The molecular formula is C18H24N2O4. The average Bonchev–Trinajstić information content (AvgIpc) is 3.42. The highest BCUT2D eigenvalue weighted by Gasteiger charge is 2.35. The minimum atomic E-state index is 0.285. The largest absolute Gasteiger partial charge is 0.398 e. The Morgan fingerprint density at radius 1 is 0.542 bits per heavy atom. The summed E-state index contributed by atoms with van der Waals surface area (Å²) in [6.07, 6.45) is 4.52. The molecule has 4 N–H and O–H groups in total. The molecule has 130 valence electrons. The van der Waals surface area contributed by atoms with Crippen molar-refractivity contribution >= 4 is 11.4 Å². The van der Waals surface area contributed by atoms with Crippen LogP contribution in [0.1, 0.15) is 22.3 Å². The van der Waals surface area contributed by atoms with Crippen LogP contribution in [0.25, 0.3) is 0 Å². The van der Waals surface area contributed by atoms with Crippen LogP contribution in [0.15, 0.2) is 0 Å². The van der Waals surface area contributed by atoms with Crippen molar-refractivity contribution in [2.24, 2.45) is 0 Å². The third-order valence-corrected chi connectivity index (χ3v) is 5.37. The molecule has 4 unspecified atom stereocenters. The number of ether oxygens (including phenoxy) is 4. The zero-order valence-corrected chi connectivity index (χ0v) is 13.8. The molecule has 6 nitrogen and oxygen atoms in total. The lowest BCUT2D eigenvalue weighted by atomic mass is 9.85. The molecule has 0 aromatic heterocycles. The fourth-order valence-electron chi connectivity index (χ4n) is 3.60. The molecule has 5 rings (SSSR count). The number of nitrogens with two attached hydrogens (primary N) is 2. The second-order valence-corrected chi connectivity index (χ2v) is 7.38. The van der Waals surface area contributed by atoms with Crippen LogP contribution in [0.3, 0.4) is 0 Å². The van der Waals surface area contributed by atoms with Gasteiger partial charge in [-0.15, -0.1) is 0 Å². The summed E-state index contributed by atoms with van der Waals surface area (Å²) >= 11 is 0. The number of anilines is 2. The monoisotopic (exact) mass is 332 g/mol. The highest BCUT2D eigenvalue weighted by atomic mass is 16.6. The van der Waals surface area contributed by atoms with E-state index in [1.807, 2.05) is 0 Å². The van der Waals surface area contributed by atoms with Crippen molar-refractivity contribution in [3.05, 3.63) is 22.3 Å². The van der Waals surface area contributed by atoms with Gasteiger partial charge in [-0.1, -0.05) is 0 Å². The summed E-state index contributed by atoms with van der Waals surface area (Å²) in [5.74, 6) is 0. The minimum absolute atomic E-state index is 0.285. The summed E-state index contributed by atoms with van der Waals surface area (Å²) < 4.78 is 21.8. The zero-order chi connectivity index (χ0) is 16.3. The topological polar surface area (TPSA) is 102 Å². The summed E-state index contributed by atoms with van der Waals surface area (Å²) in [5, 5.41) is 0. The summed E-state index contributed by atoms with van der Waals surface area (Å²) in [6.45, 7) is 3.27. The van der Waals surface area contributed by atoms with E-state index in [2.05, 4.69) is 0 Å². The summed E-state index contributed by atoms with van der Waals surface area (Å²) in [4.78, 5) is 0. The molecule has 0 radical (unpaired) electrons. The Hall–Kier alpha value is -1.34. The second kappa shape index (κ2) is 5.59. The van der Waals surface area contributed by atoms with Crippen molar-refractivity contribution in [3.8, 4) is 0 Å². The number of benzene rings is 1. The Bertz CT molecular complexity index is 551. The van der Waals surface area contributed by atoms with Crippen LogP contribution in [-0.4, -0.2) is 50.8 Å². The molecule has 4 saturated heterocycles. The van der Waals surface area contributed by atoms with Gasteiger partial charge in [0.2, 0.25) is 0 Å². The first-order valence-electron chi connectivity index (χ1n) is 8.86. The summed E-state index contributed by atoms with van der Waals surface area (Å²) in [6, 6.07) is 0. The smallest absolute Gasteiger partial charge is 0.0851 e. The Morgan fingerprint density at radius 2 is 0.750 bits per heavy atom. The van der Waals surface area contributed by atoms with Crippen LogP contribution in [0.2, 0.25) is 0 Å². The normalized spacial score (nSPS) is 32.7. The van der Waals surface area contributed by atoms with Crippen molar-refractivity contribution < 1.29 is 18.9 Å². The molecule has 6 heteroatoms. The fourth-order valence-corrected chi connectivity index (χ4v) is 3.60.